The molecule has 35 heavy (non-hydrogen) atoms. The Bertz CT molecular complexity index is 1080. The van der Waals surface area contributed by atoms with E-state index in [-0.39, 0.29) is 29.6 Å². The first-order chi connectivity index (χ1) is 16.3. The largest absolute Gasteiger partial charge is 0.497 e. The molecule has 0 radical (unpaired) electrons. The van der Waals surface area contributed by atoms with E-state index < -0.39 is 26.5 Å². The van der Waals surface area contributed by atoms with Crippen LogP contribution in [0.2, 0.25) is 0 Å². The van der Waals surface area contributed by atoms with E-state index in [2.05, 4.69) is 5.32 Å². The van der Waals surface area contributed by atoms with Gasteiger partial charge in [-0.05, 0) is 67.5 Å². The lowest BCUT2D eigenvalue weighted by atomic mass is 9.80. The van der Waals surface area contributed by atoms with Gasteiger partial charge in [-0.15, -0.1) is 0 Å². The Balaban J connectivity index is 2.65. The zero-order valence-corrected chi connectivity index (χ0v) is 21.3. The summed E-state index contributed by atoms with van der Waals surface area (Å²) in [5.74, 6) is 0.433. The summed E-state index contributed by atoms with van der Waals surface area (Å²) in [6.45, 7) is 4.37. The van der Waals surface area contributed by atoms with Gasteiger partial charge < -0.3 is 26.4 Å². The first-order valence-electron chi connectivity index (χ1n) is 11.5. The van der Waals surface area contributed by atoms with E-state index in [1.807, 2.05) is 13.8 Å². The molecule has 0 unspecified atom stereocenters. The summed E-state index contributed by atoms with van der Waals surface area (Å²) in [6, 6.07) is 14.1. The summed E-state index contributed by atoms with van der Waals surface area (Å²) >= 11 is 0. The number of nitrogens with two attached hydrogens (primary N) is 2. The van der Waals surface area contributed by atoms with Crippen molar-refractivity contribution in [3.63, 3.8) is 0 Å². The number of amides is 1. The highest BCUT2D eigenvalue weighted by Gasteiger charge is 2.58. The molecule has 1 amide bonds. The van der Waals surface area contributed by atoms with Gasteiger partial charge in [-0.2, -0.15) is 0 Å². The van der Waals surface area contributed by atoms with E-state index in [1.165, 1.54) is 31.4 Å². The third kappa shape index (κ3) is 6.72. The van der Waals surface area contributed by atoms with Crippen LogP contribution < -0.4 is 21.5 Å². The van der Waals surface area contributed by atoms with Gasteiger partial charge in [0, 0.05) is 6.42 Å². The highest BCUT2D eigenvalue weighted by atomic mass is 32.2. The van der Waals surface area contributed by atoms with Crippen molar-refractivity contribution < 1.29 is 28.2 Å². The van der Waals surface area contributed by atoms with Crippen molar-refractivity contribution in [1.82, 2.24) is 5.32 Å². The molecule has 0 saturated heterocycles. The maximum atomic E-state index is 14.0. The van der Waals surface area contributed by atoms with Gasteiger partial charge in [0.15, 0.2) is 0 Å². The first kappa shape index (κ1) is 28.6. The molecule has 0 aliphatic carbocycles. The number of hydrogen-bond acceptors (Lipinski definition) is 7. The molecule has 0 bridgehead atoms. The molecule has 194 valence electrons. The van der Waals surface area contributed by atoms with Crippen LogP contribution in [0, 0.1) is 5.41 Å². The van der Waals surface area contributed by atoms with Crippen LogP contribution in [0.1, 0.15) is 45.1 Å². The second-order valence-electron chi connectivity index (χ2n) is 9.58. The number of carboxylic acid groups (broad SMARTS) is 1. The van der Waals surface area contributed by atoms with E-state index in [0.29, 0.717) is 24.3 Å². The van der Waals surface area contributed by atoms with Gasteiger partial charge in [-0.3, -0.25) is 5.32 Å². The van der Waals surface area contributed by atoms with Crippen molar-refractivity contribution in [1.29, 1.82) is 0 Å². The Morgan fingerprint density at radius 3 is 2.14 bits per heavy atom. The van der Waals surface area contributed by atoms with Gasteiger partial charge in [0.25, 0.3) is 0 Å². The van der Waals surface area contributed by atoms with Gasteiger partial charge in [0.1, 0.15) is 11.4 Å². The molecule has 9 nitrogen and oxygen atoms in total. The summed E-state index contributed by atoms with van der Waals surface area (Å²) < 4.78 is 33.1. The lowest BCUT2D eigenvalue weighted by Gasteiger charge is -2.45. The van der Waals surface area contributed by atoms with Crippen molar-refractivity contribution in [3.05, 3.63) is 60.2 Å². The minimum atomic E-state index is -4.57. The van der Waals surface area contributed by atoms with Crippen molar-refractivity contribution >= 4 is 15.9 Å². The van der Waals surface area contributed by atoms with Crippen LogP contribution in [-0.2, 0) is 16.3 Å². The smallest absolute Gasteiger partial charge is 0.406 e. The SMILES string of the molecule is COc1ccc(S(=O)(=O)[C@](O)(CCC(C)(C)CCCN)[C@](N)(Cc2ccccc2)NC(=O)O)cc1. The number of rotatable bonds is 13. The normalized spacial score (nSPS) is 15.6. The summed E-state index contributed by atoms with van der Waals surface area (Å²) in [6.07, 6.45) is -0.424. The van der Waals surface area contributed by atoms with E-state index >= 15 is 0 Å². The van der Waals surface area contributed by atoms with Crippen LogP contribution in [0.15, 0.2) is 59.5 Å². The Morgan fingerprint density at radius 2 is 1.63 bits per heavy atom. The van der Waals surface area contributed by atoms with E-state index in [1.54, 1.807) is 30.3 Å². The Morgan fingerprint density at radius 1 is 1.03 bits per heavy atom. The van der Waals surface area contributed by atoms with Crippen LogP contribution in [0.25, 0.3) is 0 Å². The molecule has 0 heterocycles. The lowest BCUT2D eigenvalue weighted by Crippen LogP contribution is -2.74. The number of methoxy groups -OCH3 is 1. The van der Waals surface area contributed by atoms with Gasteiger partial charge >= 0.3 is 6.09 Å². The van der Waals surface area contributed by atoms with Gasteiger partial charge in [0.05, 0.1) is 12.0 Å². The molecular formula is C25H37N3O6S. The topological polar surface area (TPSA) is 165 Å². The average molecular weight is 508 g/mol. The Kier molecular flexibility index (Phi) is 9.29. The molecule has 0 aliphatic rings. The third-order valence-electron chi connectivity index (χ3n) is 6.37. The number of aliphatic hydroxyl groups is 1. The molecule has 2 aromatic rings. The molecule has 0 saturated carbocycles. The second-order valence-corrected chi connectivity index (χ2v) is 11.7. The summed E-state index contributed by atoms with van der Waals surface area (Å²) in [5, 5.41) is 23.8. The second kappa shape index (κ2) is 11.4. The minimum absolute atomic E-state index is 0.198. The van der Waals surface area contributed by atoms with Crippen LogP contribution in [-0.4, -0.2) is 49.0 Å². The molecule has 0 aliphatic heterocycles. The van der Waals surface area contributed by atoms with Gasteiger partial charge in [-0.1, -0.05) is 44.2 Å². The number of hydrogen-bond donors (Lipinski definition) is 5. The molecule has 0 aromatic heterocycles. The summed E-state index contributed by atoms with van der Waals surface area (Å²) in [7, 11) is -3.12. The predicted molar refractivity (Wildman–Crippen MR) is 135 cm³/mol. The monoisotopic (exact) mass is 507 g/mol. The van der Waals surface area contributed by atoms with E-state index in [4.69, 9.17) is 16.2 Å². The van der Waals surface area contributed by atoms with E-state index in [0.717, 1.165) is 6.42 Å². The lowest BCUT2D eigenvalue weighted by molar-refractivity contribution is 0.00515. The third-order valence-corrected chi connectivity index (χ3v) is 8.72. The molecule has 10 heteroatoms. The van der Waals surface area contributed by atoms with Crippen molar-refractivity contribution in [2.45, 2.75) is 61.4 Å². The molecule has 2 atom stereocenters. The number of carbonyl (C=O) groups is 1. The van der Waals surface area contributed by atoms with Crippen LogP contribution in [0.3, 0.4) is 0 Å². The highest BCUT2D eigenvalue weighted by molar-refractivity contribution is 7.92. The minimum Gasteiger partial charge on any atom is -0.497 e. The maximum Gasteiger partial charge on any atom is 0.406 e. The number of benzene rings is 2. The first-order valence-corrected chi connectivity index (χ1v) is 12.9. The standard InChI is InChI=1S/C25H37N3O6S/c1-23(2,14-7-17-26)15-16-25(31,35(32,33)21-12-10-20(34-3)11-13-21)24(27,28-22(29)30)18-19-8-5-4-6-9-19/h4-6,8-13,28,31H,7,14-18,26-27H2,1-3H3,(H,29,30)/t24-,25+/m0/s1. The summed E-state index contributed by atoms with van der Waals surface area (Å²) in [4.78, 5) is 8.94. The summed E-state index contributed by atoms with van der Waals surface area (Å²) in [5.41, 5.74) is 10.1. The Hall–Kier alpha value is -2.66. The van der Waals surface area contributed by atoms with E-state index in [9.17, 15) is 23.4 Å². The molecule has 2 rings (SSSR count). The molecular weight excluding hydrogens is 470 g/mol. The molecule has 0 spiro atoms. The maximum absolute atomic E-state index is 14.0. The Labute approximate surface area is 207 Å². The molecule has 2 aromatic carbocycles. The molecule has 7 N–H and O–H groups in total. The van der Waals surface area contributed by atoms with Crippen molar-refractivity contribution in [2.24, 2.45) is 16.9 Å². The zero-order chi connectivity index (χ0) is 26.3. The quantitative estimate of drug-likeness (QED) is 0.258. The zero-order valence-electron chi connectivity index (χ0n) is 20.5. The number of ether oxygens (including phenoxy) is 1. The fourth-order valence-electron chi connectivity index (χ4n) is 4.15. The highest BCUT2D eigenvalue weighted by Crippen LogP contribution is 2.41. The van der Waals surface area contributed by atoms with Crippen molar-refractivity contribution in [2.75, 3.05) is 13.7 Å². The fraction of sp³-hybridized carbons (Fsp3) is 0.480. The van der Waals surface area contributed by atoms with Crippen molar-refractivity contribution in [3.8, 4) is 5.75 Å². The molecule has 0 fully saturated rings. The average Bonchev–Trinajstić information content (AvgIpc) is 2.81. The van der Waals surface area contributed by atoms with Crippen LogP contribution in [0.4, 0.5) is 4.79 Å². The predicted octanol–water partition coefficient (Wildman–Crippen LogP) is 2.87. The van der Waals surface area contributed by atoms with Gasteiger partial charge in [-0.25, -0.2) is 13.2 Å². The van der Waals surface area contributed by atoms with Crippen LogP contribution in [0.5, 0.6) is 5.75 Å². The number of sulfone groups is 1. The van der Waals surface area contributed by atoms with Crippen LogP contribution >= 0.6 is 0 Å². The fourth-order valence-corrected chi connectivity index (χ4v) is 6.01. The number of nitrogens with one attached hydrogen (secondary N) is 1. The van der Waals surface area contributed by atoms with Gasteiger partial charge in [0.2, 0.25) is 14.8 Å².